The van der Waals surface area contributed by atoms with Crippen LogP contribution in [0.4, 0.5) is 30.4 Å². The predicted molar refractivity (Wildman–Crippen MR) is 98.4 cm³/mol. The summed E-state index contributed by atoms with van der Waals surface area (Å²) in [7, 11) is 0. The second kappa shape index (κ2) is 7.67. The highest BCUT2D eigenvalue weighted by Gasteiger charge is 2.30. The summed E-state index contributed by atoms with van der Waals surface area (Å²) in [6, 6.07) is 14.4. The minimum absolute atomic E-state index is 0.115. The molecule has 4 nitrogen and oxygen atoms in total. The van der Waals surface area contributed by atoms with Gasteiger partial charge >= 0.3 is 6.18 Å². The maximum absolute atomic E-state index is 12.6. The van der Waals surface area contributed by atoms with E-state index in [0.717, 1.165) is 30.0 Å². The van der Waals surface area contributed by atoms with Gasteiger partial charge in [-0.1, -0.05) is 17.7 Å². The van der Waals surface area contributed by atoms with Gasteiger partial charge in [-0.3, -0.25) is 4.79 Å². The van der Waals surface area contributed by atoms with Gasteiger partial charge in [0.15, 0.2) is 0 Å². The molecule has 138 valence electrons. The van der Waals surface area contributed by atoms with Gasteiger partial charge in [0, 0.05) is 16.3 Å². The number of nitrogens with one attached hydrogen (secondary N) is 2. The van der Waals surface area contributed by atoms with Crippen LogP contribution in [0.1, 0.15) is 15.9 Å². The van der Waals surface area contributed by atoms with Gasteiger partial charge in [-0.05, 0) is 54.6 Å². The topological polar surface area (TPSA) is 54.0 Å². The van der Waals surface area contributed by atoms with E-state index in [-0.39, 0.29) is 5.56 Å². The van der Waals surface area contributed by atoms with Crippen LogP contribution in [0.15, 0.2) is 66.9 Å². The highest BCUT2D eigenvalue weighted by atomic mass is 35.5. The van der Waals surface area contributed by atoms with E-state index in [1.807, 2.05) is 6.07 Å². The van der Waals surface area contributed by atoms with Crippen LogP contribution >= 0.6 is 11.6 Å². The van der Waals surface area contributed by atoms with Crippen molar-refractivity contribution in [3.05, 3.63) is 83.0 Å². The van der Waals surface area contributed by atoms with Gasteiger partial charge in [0.2, 0.25) is 0 Å². The molecule has 1 amide bonds. The zero-order valence-corrected chi connectivity index (χ0v) is 14.5. The number of pyridine rings is 1. The number of rotatable bonds is 4. The molecular weight excluding hydrogens is 379 g/mol. The molecule has 0 radical (unpaired) electrons. The number of benzene rings is 2. The number of alkyl halides is 3. The van der Waals surface area contributed by atoms with Crippen LogP contribution in [0.2, 0.25) is 5.02 Å². The molecule has 0 spiro atoms. The molecule has 0 saturated heterocycles. The van der Waals surface area contributed by atoms with E-state index in [1.165, 1.54) is 6.20 Å². The van der Waals surface area contributed by atoms with Gasteiger partial charge in [-0.2, -0.15) is 13.2 Å². The van der Waals surface area contributed by atoms with Crippen LogP contribution in [0.25, 0.3) is 0 Å². The van der Waals surface area contributed by atoms with E-state index >= 15 is 0 Å². The zero-order chi connectivity index (χ0) is 19.4. The second-order valence-electron chi connectivity index (χ2n) is 5.60. The lowest BCUT2D eigenvalue weighted by Crippen LogP contribution is -2.13. The standard InChI is InChI=1S/C19H13ClF3N3O/c20-14-2-1-3-15(10-14)25-17-9-8-16(11-24-17)26-18(27)12-4-6-13(7-5-12)19(21,22)23/h1-11H,(H,24,25)(H,26,27). The lowest BCUT2D eigenvalue weighted by Gasteiger charge is -2.09. The van der Waals surface area contributed by atoms with Gasteiger partial charge in [-0.15, -0.1) is 0 Å². The molecule has 8 heteroatoms. The molecule has 2 aromatic carbocycles. The molecular formula is C19H13ClF3N3O. The lowest BCUT2D eigenvalue weighted by molar-refractivity contribution is -0.137. The van der Waals surface area contributed by atoms with Crippen molar-refractivity contribution in [2.45, 2.75) is 6.18 Å². The zero-order valence-electron chi connectivity index (χ0n) is 13.7. The number of aromatic nitrogens is 1. The number of carbonyl (C=O) groups is 1. The van der Waals surface area contributed by atoms with Crippen molar-refractivity contribution in [3.8, 4) is 0 Å². The van der Waals surface area contributed by atoms with Gasteiger partial charge in [0.05, 0.1) is 17.4 Å². The third-order valence-electron chi connectivity index (χ3n) is 3.59. The summed E-state index contributed by atoms with van der Waals surface area (Å²) in [5.74, 6) is 0.0193. The van der Waals surface area contributed by atoms with Crippen molar-refractivity contribution >= 4 is 34.7 Å². The summed E-state index contributed by atoms with van der Waals surface area (Å²) in [6.07, 6.45) is -3.00. The van der Waals surface area contributed by atoms with Gasteiger partial charge in [0.25, 0.3) is 5.91 Å². The maximum Gasteiger partial charge on any atom is 0.416 e. The van der Waals surface area contributed by atoms with Crippen molar-refractivity contribution < 1.29 is 18.0 Å². The molecule has 0 fully saturated rings. The largest absolute Gasteiger partial charge is 0.416 e. The monoisotopic (exact) mass is 391 g/mol. The Morgan fingerprint density at radius 1 is 0.963 bits per heavy atom. The smallest absolute Gasteiger partial charge is 0.340 e. The predicted octanol–water partition coefficient (Wildman–Crippen LogP) is 5.75. The summed E-state index contributed by atoms with van der Waals surface area (Å²) >= 11 is 5.92. The van der Waals surface area contributed by atoms with Crippen LogP contribution < -0.4 is 10.6 Å². The van der Waals surface area contributed by atoms with Crippen molar-refractivity contribution in [2.75, 3.05) is 10.6 Å². The first-order valence-electron chi connectivity index (χ1n) is 7.78. The first-order chi connectivity index (χ1) is 12.8. The van der Waals surface area contributed by atoms with Crippen LogP contribution in [0.3, 0.4) is 0 Å². The Balaban J connectivity index is 1.64. The summed E-state index contributed by atoms with van der Waals surface area (Å²) in [5.41, 5.74) is 0.481. The first-order valence-corrected chi connectivity index (χ1v) is 8.16. The number of hydrogen-bond acceptors (Lipinski definition) is 3. The average molecular weight is 392 g/mol. The second-order valence-corrected chi connectivity index (χ2v) is 6.03. The molecule has 0 aliphatic heterocycles. The van der Waals surface area contributed by atoms with Gasteiger partial charge in [-0.25, -0.2) is 4.98 Å². The van der Waals surface area contributed by atoms with E-state index in [4.69, 9.17) is 11.6 Å². The molecule has 0 bridgehead atoms. The number of amides is 1. The Morgan fingerprint density at radius 2 is 1.70 bits per heavy atom. The molecule has 1 heterocycles. The normalized spacial score (nSPS) is 11.1. The van der Waals surface area contributed by atoms with Crippen LogP contribution in [-0.4, -0.2) is 10.9 Å². The van der Waals surface area contributed by atoms with Crippen molar-refractivity contribution in [3.63, 3.8) is 0 Å². The third kappa shape index (κ3) is 4.98. The summed E-state index contributed by atoms with van der Waals surface area (Å²) in [5, 5.41) is 6.23. The highest BCUT2D eigenvalue weighted by molar-refractivity contribution is 6.30. The highest BCUT2D eigenvalue weighted by Crippen LogP contribution is 2.29. The number of nitrogens with zero attached hydrogens (tertiary/aromatic N) is 1. The minimum atomic E-state index is -4.44. The Hall–Kier alpha value is -3.06. The van der Waals surface area contributed by atoms with Crippen molar-refractivity contribution in [1.29, 1.82) is 0 Å². The molecule has 0 aliphatic rings. The fraction of sp³-hybridized carbons (Fsp3) is 0.0526. The number of halogens is 4. The Morgan fingerprint density at radius 3 is 2.30 bits per heavy atom. The van der Waals surface area contributed by atoms with Crippen molar-refractivity contribution in [2.24, 2.45) is 0 Å². The Labute approximate surface area is 158 Å². The molecule has 2 N–H and O–H groups in total. The molecule has 0 atom stereocenters. The number of hydrogen-bond donors (Lipinski definition) is 2. The summed E-state index contributed by atoms with van der Waals surface area (Å²) < 4.78 is 37.7. The van der Waals surface area contributed by atoms with E-state index in [0.29, 0.717) is 16.5 Å². The first kappa shape index (κ1) is 18.7. The van der Waals surface area contributed by atoms with Crippen molar-refractivity contribution in [1.82, 2.24) is 4.98 Å². The molecule has 27 heavy (non-hydrogen) atoms. The summed E-state index contributed by atoms with van der Waals surface area (Å²) in [6.45, 7) is 0. The fourth-order valence-corrected chi connectivity index (χ4v) is 2.46. The van der Waals surface area contributed by atoms with E-state index in [9.17, 15) is 18.0 Å². The minimum Gasteiger partial charge on any atom is -0.340 e. The third-order valence-corrected chi connectivity index (χ3v) is 3.83. The lowest BCUT2D eigenvalue weighted by atomic mass is 10.1. The number of anilines is 3. The molecule has 0 aliphatic carbocycles. The summed E-state index contributed by atoms with van der Waals surface area (Å²) in [4.78, 5) is 16.3. The van der Waals surface area contributed by atoms with Gasteiger partial charge in [0.1, 0.15) is 5.82 Å². The van der Waals surface area contributed by atoms with Crippen LogP contribution in [-0.2, 0) is 6.18 Å². The van der Waals surface area contributed by atoms with E-state index in [1.54, 1.807) is 30.3 Å². The molecule has 3 aromatic rings. The molecule has 0 saturated carbocycles. The Kier molecular flexibility index (Phi) is 5.32. The Bertz CT molecular complexity index is 942. The molecule has 3 rings (SSSR count). The SMILES string of the molecule is O=C(Nc1ccc(Nc2cccc(Cl)c2)nc1)c1ccc(C(F)(F)F)cc1. The van der Waals surface area contributed by atoms with Gasteiger partial charge < -0.3 is 10.6 Å². The quantitative estimate of drug-likeness (QED) is 0.595. The van der Waals surface area contributed by atoms with E-state index in [2.05, 4.69) is 15.6 Å². The number of carbonyl (C=O) groups excluding carboxylic acids is 1. The van der Waals surface area contributed by atoms with Crippen LogP contribution in [0, 0.1) is 0 Å². The molecule has 1 aromatic heterocycles. The average Bonchev–Trinajstić information content (AvgIpc) is 2.63. The molecule has 0 unspecified atom stereocenters. The van der Waals surface area contributed by atoms with Crippen LogP contribution in [0.5, 0.6) is 0 Å². The fourth-order valence-electron chi connectivity index (χ4n) is 2.27. The maximum atomic E-state index is 12.6. The van der Waals surface area contributed by atoms with E-state index < -0.39 is 17.6 Å².